The monoisotopic (exact) mass is 250 g/mol. The Bertz CT molecular complexity index is 564. The van der Waals surface area contributed by atoms with Gasteiger partial charge in [-0.05, 0) is 30.7 Å². The topological polar surface area (TPSA) is 73.8 Å². The number of hydrogen-bond donors (Lipinski definition) is 1. The first-order valence-corrected chi connectivity index (χ1v) is 6.47. The molecule has 0 aliphatic rings. The Balaban J connectivity index is 2.23. The lowest BCUT2D eigenvalue weighted by atomic mass is 10.2. The van der Waals surface area contributed by atoms with Crippen molar-refractivity contribution in [3.05, 3.63) is 35.9 Å². The summed E-state index contributed by atoms with van der Waals surface area (Å²) in [7, 11) is 0.665. The van der Waals surface area contributed by atoms with E-state index < -0.39 is 10.8 Å². The SMILES string of the molecule is Cc1cc(N)ccc1S(=O)Cc1ncnn1C. The third kappa shape index (κ3) is 2.52. The van der Waals surface area contributed by atoms with Gasteiger partial charge in [-0.25, -0.2) is 4.98 Å². The summed E-state index contributed by atoms with van der Waals surface area (Å²) >= 11 is 0. The fraction of sp³-hybridized carbons (Fsp3) is 0.273. The van der Waals surface area contributed by atoms with Gasteiger partial charge in [-0.2, -0.15) is 5.10 Å². The summed E-state index contributed by atoms with van der Waals surface area (Å²) in [6, 6.07) is 5.39. The highest BCUT2D eigenvalue weighted by atomic mass is 32.2. The van der Waals surface area contributed by atoms with E-state index in [-0.39, 0.29) is 0 Å². The largest absolute Gasteiger partial charge is 0.399 e. The number of anilines is 1. The lowest BCUT2D eigenvalue weighted by molar-refractivity contribution is 0.674. The Morgan fingerprint density at radius 2 is 2.24 bits per heavy atom. The first-order chi connectivity index (χ1) is 8.08. The van der Waals surface area contributed by atoms with E-state index in [1.165, 1.54) is 6.33 Å². The number of aryl methyl sites for hydroxylation is 2. The van der Waals surface area contributed by atoms with Gasteiger partial charge in [-0.1, -0.05) is 0 Å². The van der Waals surface area contributed by atoms with Crippen LogP contribution in [0.5, 0.6) is 0 Å². The van der Waals surface area contributed by atoms with Crippen LogP contribution < -0.4 is 5.73 Å². The van der Waals surface area contributed by atoms with Crippen molar-refractivity contribution in [1.29, 1.82) is 0 Å². The minimum atomic E-state index is -1.12. The predicted molar refractivity (Wildman–Crippen MR) is 66.7 cm³/mol. The summed E-state index contributed by atoms with van der Waals surface area (Å²) in [6.45, 7) is 1.90. The molecule has 0 amide bonds. The zero-order valence-electron chi connectivity index (χ0n) is 9.75. The van der Waals surface area contributed by atoms with Gasteiger partial charge >= 0.3 is 0 Å². The smallest absolute Gasteiger partial charge is 0.139 e. The molecule has 0 aliphatic carbocycles. The number of benzene rings is 1. The molecular weight excluding hydrogens is 236 g/mol. The van der Waals surface area contributed by atoms with Crippen LogP contribution in [0.4, 0.5) is 5.69 Å². The highest BCUT2D eigenvalue weighted by Gasteiger charge is 2.11. The summed E-state index contributed by atoms with van der Waals surface area (Å²) < 4.78 is 13.8. The van der Waals surface area contributed by atoms with Crippen molar-refractivity contribution in [2.45, 2.75) is 17.6 Å². The molecule has 1 atom stereocenters. The Labute approximate surface area is 102 Å². The molecule has 5 nitrogen and oxygen atoms in total. The van der Waals surface area contributed by atoms with E-state index in [2.05, 4.69) is 10.1 Å². The second-order valence-electron chi connectivity index (χ2n) is 3.81. The van der Waals surface area contributed by atoms with Crippen LogP contribution in [0, 0.1) is 6.92 Å². The van der Waals surface area contributed by atoms with Crippen LogP contribution in [-0.4, -0.2) is 19.0 Å². The predicted octanol–water partition coefficient (Wildman–Crippen LogP) is 1.01. The lowest BCUT2D eigenvalue weighted by Crippen LogP contribution is -2.05. The Morgan fingerprint density at radius 3 is 2.82 bits per heavy atom. The summed E-state index contributed by atoms with van der Waals surface area (Å²) in [5.74, 6) is 1.07. The van der Waals surface area contributed by atoms with Crippen LogP contribution in [-0.2, 0) is 23.6 Å². The minimum Gasteiger partial charge on any atom is -0.399 e. The van der Waals surface area contributed by atoms with Crippen LogP contribution in [0.1, 0.15) is 11.4 Å². The average Bonchev–Trinajstić information content (AvgIpc) is 2.64. The molecule has 2 rings (SSSR count). The Morgan fingerprint density at radius 1 is 1.47 bits per heavy atom. The van der Waals surface area contributed by atoms with Gasteiger partial charge in [-0.3, -0.25) is 8.89 Å². The number of rotatable bonds is 3. The van der Waals surface area contributed by atoms with Crippen molar-refractivity contribution in [1.82, 2.24) is 14.8 Å². The molecule has 0 aliphatic heterocycles. The third-order valence-corrected chi connectivity index (χ3v) is 3.98. The van der Waals surface area contributed by atoms with Gasteiger partial charge in [0.05, 0.1) is 16.6 Å². The molecule has 2 aromatic rings. The molecule has 2 N–H and O–H groups in total. The van der Waals surface area contributed by atoms with E-state index in [1.807, 2.05) is 13.0 Å². The first-order valence-electron chi connectivity index (χ1n) is 5.15. The summed E-state index contributed by atoms with van der Waals surface area (Å²) in [6.07, 6.45) is 1.46. The molecule has 6 heteroatoms. The Hall–Kier alpha value is -1.69. The number of nitrogens with zero attached hydrogens (tertiary/aromatic N) is 3. The molecular formula is C11H14N4OS. The minimum absolute atomic E-state index is 0.362. The number of aromatic nitrogens is 3. The zero-order valence-corrected chi connectivity index (χ0v) is 10.6. The van der Waals surface area contributed by atoms with Crippen molar-refractivity contribution in [3.63, 3.8) is 0 Å². The van der Waals surface area contributed by atoms with E-state index in [9.17, 15) is 4.21 Å². The second-order valence-corrected chi connectivity index (χ2v) is 5.23. The van der Waals surface area contributed by atoms with E-state index in [4.69, 9.17) is 5.73 Å². The van der Waals surface area contributed by atoms with Gasteiger partial charge in [-0.15, -0.1) is 0 Å². The van der Waals surface area contributed by atoms with Crippen molar-refractivity contribution in [2.75, 3.05) is 5.73 Å². The molecule has 1 heterocycles. The molecule has 0 saturated carbocycles. The molecule has 17 heavy (non-hydrogen) atoms. The van der Waals surface area contributed by atoms with E-state index in [0.29, 0.717) is 17.3 Å². The Kier molecular flexibility index (Phi) is 3.23. The van der Waals surface area contributed by atoms with Gasteiger partial charge < -0.3 is 5.73 Å². The lowest BCUT2D eigenvalue weighted by Gasteiger charge is -2.06. The van der Waals surface area contributed by atoms with Crippen LogP contribution in [0.15, 0.2) is 29.4 Å². The van der Waals surface area contributed by atoms with Crippen molar-refractivity contribution in [3.8, 4) is 0 Å². The highest BCUT2D eigenvalue weighted by molar-refractivity contribution is 7.84. The molecule has 90 valence electrons. The summed E-state index contributed by atoms with van der Waals surface area (Å²) in [5.41, 5.74) is 7.28. The number of hydrogen-bond acceptors (Lipinski definition) is 4. The zero-order chi connectivity index (χ0) is 12.4. The van der Waals surface area contributed by atoms with Crippen LogP contribution in [0.25, 0.3) is 0 Å². The first kappa shape index (κ1) is 11.8. The molecule has 0 spiro atoms. The fourth-order valence-corrected chi connectivity index (χ4v) is 2.86. The molecule has 0 radical (unpaired) electrons. The van der Waals surface area contributed by atoms with E-state index in [1.54, 1.807) is 23.9 Å². The summed E-state index contributed by atoms with van der Waals surface area (Å²) in [5, 5.41) is 3.95. The van der Waals surface area contributed by atoms with Crippen LogP contribution in [0.3, 0.4) is 0 Å². The van der Waals surface area contributed by atoms with E-state index >= 15 is 0 Å². The fourth-order valence-electron chi connectivity index (χ4n) is 1.57. The van der Waals surface area contributed by atoms with Crippen LogP contribution in [0.2, 0.25) is 0 Å². The molecule has 0 fully saturated rings. The number of nitrogen functional groups attached to an aromatic ring is 1. The molecule has 1 aromatic carbocycles. The molecule has 0 saturated heterocycles. The second kappa shape index (κ2) is 4.67. The van der Waals surface area contributed by atoms with E-state index in [0.717, 1.165) is 10.5 Å². The van der Waals surface area contributed by atoms with Gasteiger partial charge in [0, 0.05) is 17.6 Å². The summed E-state index contributed by atoms with van der Waals surface area (Å²) in [4.78, 5) is 4.86. The molecule has 0 bridgehead atoms. The van der Waals surface area contributed by atoms with Crippen molar-refractivity contribution in [2.24, 2.45) is 7.05 Å². The standard InChI is InChI=1S/C11H14N4OS/c1-8-5-9(12)3-4-10(8)17(16)6-11-13-7-14-15(11)2/h3-5,7H,6,12H2,1-2H3. The van der Waals surface area contributed by atoms with Gasteiger partial charge in [0.1, 0.15) is 12.2 Å². The maximum absolute atomic E-state index is 12.2. The molecule has 1 aromatic heterocycles. The quantitative estimate of drug-likeness (QED) is 0.825. The van der Waals surface area contributed by atoms with Crippen molar-refractivity contribution < 1.29 is 4.21 Å². The maximum atomic E-state index is 12.2. The van der Waals surface area contributed by atoms with Crippen molar-refractivity contribution >= 4 is 16.5 Å². The van der Waals surface area contributed by atoms with Gasteiger partial charge in [0.25, 0.3) is 0 Å². The highest BCUT2D eigenvalue weighted by Crippen LogP contribution is 2.18. The molecule has 1 unspecified atom stereocenters. The normalized spacial score (nSPS) is 12.6. The maximum Gasteiger partial charge on any atom is 0.139 e. The average molecular weight is 250 g/mol. The van der Waals surface area contributed by atoms with Gasteiger partial charge in [0.2, 0.25) is 0 Å². The van der Waals surface area contributed by atoms with Gasteiger partial charge in [0.15, 0.2) is 0 Å². The third-order valence-electron chi connectivity index (χ3n) is 2.51. The van der Waals surface area contributed by atoms with Crippen LogP contribution >= 0.6 is 0 Å². The number of nitrogens with two attached hydrogens (primary N) is 1.